The van der Waals surface area contributed by atoms with E-state index in [0.29, 0.717) is 23.0 Å². The Morgan fingerprint density at radius 2 is 2.14 bits per heavy atom. The standard InChI is InChI=1S/C16H21FN2O2/c1-2-3-4-8-19(9-10-20)16(21)12-11-18-14-7-5-6-13(17)15(12)14/h5-7,11,18,20H,2-4,8-10H2,1H3. The summed E-state index contributed by atoms with van der Waals surface area (Å²) >= 11 is 0. The number of hydrogen-bond donors (Lipinski definition) is 2. The molecule has 0 radical (unpaired) electrons. The van der Waals surface area contributed by atoms with Crippen molar-refractivity contribution in [1.29, 1.82) is 0 Å². The number of aromatic nitrogens is 1. The molecule has 1 aromatic heterocycles. The van der Waals surface area contributed by atoms with Gasteiger partial charge in [0.15, 0.2) is 0 Å². The molecule has 0 aliphatic rings. The number of carbonyl (C=O) groups excluding carboxylic acids is 1. The van der Waals surface area contributed by atoms with Crippen LogP contribution >= 0.6 is 0 Å². The minimum atomic E-state index is -0.408. The van der Waals surface area contributed by atoms with E-state index in [0.717, 1.165) is 19.3 Å². The molecule has 1 aromatic carbocycles. The Morgan fingerprint density at radius 1 is 1.33 bits per heavy atom. The van der Waals surface area contributed by atoms with Crippen molar-refractivity contribution >= 4 is 16.8 Å². The van der Waals surface area contributed by atoms with Gasteiger partial charge in [0.1, 0.15) is 5.82 Å². The summed E-state index contributed by atoms with van der Waals surface area (Å²) in [4.78, 5) is 17.1. The lowest BCUT2D eigenvalue weighted by atomic mass is 10.1. The minimum absolute atomic E-state index is 0.0945. The molecule has 2 rings (SSSR count). The normalized spacial score (nSPS) is 11.0. The second kappa shape index (κ2) is 7.22. The number of rotatable bonds is 7. The highest BCUT2D eigenvalue weighted by molar-refractivity contribution is 6.06. The zero-order valence-corrected chi connectivity index (χ0v) is 12.2. The predicted octanol–water partition coefficient (Wildman–Crippen LogP) is 2.93. The third-order valence-electron chi connectivity index (χ3n) is 3.57. The highest BCUT2D eigenvalue weighted by Crippen LogP contribution is 2.23. The molecule has 0 bridgehead atoms. The van der Waals surface area contributed by atoms with Gasteiger partial charge in [-0.1, -0.05) is 25.8 Å². The molecule has 0 aliphatic carbocycles. The molecule has 0 saturated heterocycles. The van der Waals surface area contributed by atoms with Crippen LogP contribution in [-0.4, -0.2) is 40.6 Å². The quantitative estimate of drug-likeness (QED) is 0.771. The number of aliphatic hydroxyl groups excluding tert-OH is 1. The van der Waals surface area contributed by atoms with Gasteiger partial charge >= 0.3 is 0 Å². The van der Waals surface area contributed by atoms with Gasteiger partial charge in [-0.2, -0.15) is 0 Å². The van der Waals surface area contributed by atoms with E-state index < -0.39 is 5.82 Å². The fourth-order valence-electron chi connectivity index (χ4n) is 2.47. The maximum absolute atomic E-state index is 14.0. The summed E-state index contributed by atoms with van der Waals surface area (Å²) in [5, 5.41) is 9.45. The SMILES string of the molecule is CCCCCN(CCO)C(=O)c1c[nH]c2cccc(F)c12. The zero-order valence-electron chi connectivity index (χ0n) is 12.2. The second-order valence-electron chi connectivity index (χ2n) is 5.09. The van der Waals surface area contributed by atoms with Gasteiger partial charge in [-0.25, -0.2) is 4.39 Å². The van der Waals surface area contributed by atoms with Crippen LogP contribution in [0, 0.1) is 5.82 Å². The maximum Gasteiger partial charge on any atom is 0.256 e. The Bertz CT molecular complexity index is 609. The van der Waals surface area contributed by atoms with Crippen molar-refractivity contribution in [3.63, 3.8) is 0 Å². The lowest BCUT2D eigenvalue weighted by Gasteiger charge is -2.21. The fourth-order valence-corrected chi connectivity index (χ4v) is 2.47. The van der Waals surface area contributed by atoms with Crippen LogP contribution in [0.15, 0.2) is 24.4 Å². The van der Waals surface area contributed by atoms with Crippen molar-refractivity contribution in [2.24, 2.45) is 0 Å². The molecule has 0 aliphatic heterocycles. The number of nitrogens with zero attached hydrogens (tertiary/aromatic N) is 1. The summed E-state index contributed by atoms with van der Waals surface area (Å²) in [6.07, 6.45) is 4.51. The number of aromatic amines is 1. The molecule has 0 fully saturated rings. The van der Waals surface area contributed by atoms with Crippen LogP contribution in [0.3, 0.4) is 0 Å². The molecule has 4 nitrogen and oxygen atoms in total. The average molecular weight is 292 g/mol. The summed E-state index contributed by atoms with van der Waals surface area (Å²) in [5.41, 5.74) is 0.934. The summed E-state index contributed by atoms with van der Waals surface area (Å²) < 4.78 is 14.0. The van der Waals surface area contributed by atoms with E-state index in [-0.39, 0.29) is 19.1 Å². The number of carbonyl (C=O) groups is 1. The molecule has 114 valence electrons. The Kier molecular flexibility index (Phi) is 5.33. The van der Waals surface area contributed by atoms with Crippen LogP contribution in [0.4, 0.5) is 4.39 Å². The highest BCUT2D eigenvalue weighted by Gasteiger charge is 2.20. The van der Waals surface area contributed by atoms with Crippen molar-refractivity contribution in [3.05, 3.63) is 35.8 Å². The van der Waals surface area contributed by atoms with E-state index >= 15 is 0 Å². The zero-order chi connectivity index (χ0) is 15.2. The first-order chi connectivity index (χ1) is 10.2. The molecule has 1 heterocycles. The number of halogens is 1. The Balaban J connectivity index is 2.26. The highest BCUT2D eigenvalue weighted by atomic mass is 19.1. The van der Waals surface area contributed by atoms with Gasteiger partial charge in [0.05, 0.1) is 12.2 Å². The Morgan fingerprint density at radius 3 is 2.86 bits per heavy atom. The number of unbranched alkanes of at least 4 members (excludes halogenated alkanes) is 2. The first kappa shape index (κ1) is 15.5. The van der Waals surface area contributed by atoms with E-state index in [1.807, 2.05) is 0 Å². The smallest absolute Gasteiger partial charge is 0.256 e. The Hall–Kier alpha value is -1.88. The van der Waals surface area contributed by atoms with Gasteiger partial charge in [0, 0.05) is 30.2 Å². The Labute approximate surface area is 123 Å². The molecule has 21 heavy (non-hydrogen) atoms. The van der Waals surface area contributed by atoms with E-state index in [1.54, 1.807) is 23.2 Å². The van der Waals surface area contributed by atoms with Crippen molar-refractivity contribution in [3.8, 4) is 0 Å². The third-order valence-corrected chi connectivity index (χ3v) is 3.57. The maximum atomic E-state index is 14.0. The monoisotopic (exact) mass is 292 g/mol. The molecular weight excluding hydrogens is 271 g/mol. The molecule has 0 unspecified atom stereocenters. The van der Waals surface area contributed by atoms with Crippen LogP contribution in [0.25, 0.3) is 10.9 Å². The van der Waals surface area contributed by atoms with E-state index in [2.05, 4.69) is 11.9 Å². The van der Waals surface area contributed by atoms with E-state index in [4.69, 9.17) is 5.11 Å². The van der Waals surface area contributed by atoms with E-state index in [1.165, 1.54) is 6.07 Å². The van der Waals surface area contributed by atoms with Gasteiger partial charge < -0.3 is 15.0 Å². The number of H-pyrrole nitrogens is 1. The molecule has 2 N–H and O–H groups in total. The largest absolute Gasteiger partial charge is 0.395 e. The minimum Gasteiger partial charge on any atom is -0.395 e. The van der Waals surface area contributed by atoms with Gasteiger partial charge in [0.2, 0.25) is 0 Å². The fraction of sp³-hybridized carbons (Fsp3) is 0.438. The molecule has 1 amide bonds. The summed E-state index contributed by atoms with van der Waals surface area (Å²) in [7, 11) is 0. The van der Waals surface area contributed by atoms with Gasteiger partial charge in [-0.15, -0.1) is 0 Å². The molecule has 0 spiro atoms. The van der Waals surface area contributed by atoms with Crippen LogP contribution in [0.5, 0.6) is 0 Å². The van der Waals surface area contributed by atoms with Crippen molar-refractivity contribution < 1.29 is 14.3 Å². The van der Waals surface area contributed by atoms with Gasteiger partial charge in [0.25, 0.3) is 5.91 Å². The van der Waals surface area contributed by atoms with Crippen LogP contribution in [-0.2, 0) is 0 Å². The lowest BCUT2D eigenvalue weighted by molar-refractivity contribution is 0.0720. The number of benzene rings is 1. The number of hydrogen-bond acceptors (Lipinski definition) is 2. The molecule has 0 saturated carbocycles. The number of amides is 1. The summed E-state index contributed by atoms with van der Waals surface area (Å²) in [6, 6.07) is 4.69. The third kappa shape index (κ3) is 3.42. The molecule has 5 heteroatoms. The molecule has 0 atom stereocenters. The predicted molar refractivity (Wildman–Crippen MR) is 80.8 cm³/mol. The van der Waals surface area contributed by atoms with Crippen LogP contribution < -0.4 is 0 Å². The average Bonchev–Trinajstić information content (AvgIpc) is 2.91. The number of nitrogens with one attached hydrogen (secondary N) is 1. The summed E-state index contributed by atoms with van der Waals surface area (Å²) in [5.74, 6) is -0.647. The second-order valence-corrected chi connectivity index (χ2v) is 5.09. The lowest BCUT2D eigenvalue weighted by Crippen LogP contribution is -2.34. The van der Waals surface area contributed by atoms with Crippen molar-refractivity contribution in [2.45, 2.75) is 26.2 Å². The topological polar surface area (TPSA) is 56.3 Å². The molecular formula is C16H21FN2O2. The van der Waals surface area contributed by atoms with E-state index in [9.17, 15) is 9.18 Å². The molecule has 2 aromatic rings. The first-order valence-electron chi connectivity index (χ1n) is 7.34. The van der Waals surface area contributed by atoms with Crippen molar-refractivity contribution in [2.75, 3.05) is 19.7 Å². The van der Waals surface area contributed by atoms with Gasteiger partial charge in [-0.05, 0) is 18.6 Å². The van der Waals surface area contributed by atoms with Gasteiger partial charge in [-0.3, -0.25) is 4.79 Å². The van der Waals surface area contributed by atoms with Crippen LogP contribution in [0.1, 0.15) is 36.5 Å². The van der Waals surface area contributed by atoms with Crippen LogP contribution in [0.2, 0.25) is 0 Å². The van der Waals surface area contributed by atoms with Crippen molar-refractivity contribution in [1.82, 2.24) is 9.88 Å². The number of aliphatic hydroxyl groups is 1. The number of fused-ring (bicyclic) bond motifs is 1. The first-order valence-corrected chi connectivity index (χ1v) is 7.34. The summed E-state index contributed by atoms with van der Waals surface area (Å²) in [6.45, 7) is 2.84.